The molecule has 0 radical (unpaired) electrons. The maximum atomic E-state index is 13.0. The van der Waals surface area contributed by atoms with Crippen LogP contribution in [0.25, 0.3) is 0 Å². The van der Waals surface area contributed by atoms with Gasteiger partial charge in [0.15, 0.2) is 12.2 Å². The Hall–Kier alpha value is -1.94. The number of ether oxygens (including phenoxy) is 4. The highest BCUT2D eigenvalue weighted by Gasteiger charge is 2.30. The van der Waals surface area contributed by atoms with E-state index in [1.165, 1.54) is 148 Å². The lowest BCUT2D eigenvalue weighted by Gasteiger charge is -2.21. The molecule has 0 aliphatic carbocycles. The molecule has 19 heteroatoms. The van der Waals surface area contributed by atoms with Gasteiger partial charge in [0.2, 0.25) is 0 Å². The van der Waals surface area contributed by atoms with Gasteiger partial charge in [-0.25, -0.2) is 9.13 Å². The van der Waals surface area contributed by atoms with Crippen molar-refractivity contribution >= 4 is 39.5 Å². The summed E-state index contributed by atoms with van der Waals surface area (Å²) in [6, 6.07) is 0. The molecule has 0 spiro atoms. The Balaban J connectivity index is 5.27. The van der Waals surface area contributed by atoms with Crippen LogP contribution in [-0.4, -0.2) is 96.7 Å². The molecule has 0 rings (SSSR count). The van der Waals surface area contributed by atoms with Gasteiger partial charge in [-0.15, -0.1) is 0 Å². The maximum Gasteiger partial charge on any atom is 0.472 e. The van der Waals surface area contributed by atoms with Crippen molar-refractivity contribution < 1.29 is 80.2 Å². The van der Waals surface area contributed by atoms with Gasteiger partial charge >= 0.3 is 39.5 Å². The van der Waals surface area contributed by atoms with Crippen LogP contribution in [0.3, 0.4) is 0 Å². The lowest BCUT2D eigenvalue weighted by atomic mass is 9.99. The minimum atomic E-state index is -4.95. The number of carbonyl (C=O) groups is 4. The summed E-state index contributed by atoms with van der Waals surface area (Å²) in [6.07, 6.45) is 41.6. The maximum absolute atomic E-state index is 13.0. The van der Waals surface area contributed by atoms with E-state index in [0.717, 1.165) is 114 Å². The molecule has 17 nitrogen and oxygen atoms in total. The van der Waals surface area contributed by atoms with Crippen molar-refractivity contribution in [1.82, 2.24) is 0 Å². The zero-order chi connectivity index (χ0) is 66.1. The topological polar surface area (TPSA) is 237 Å². The molecule has 0 aromatic heterocycles. The summed E-state index contributed by atoms with van der Waals surface area (Å²) in [4.78, 5) is 72.6. The number of aliphatic hydroxyl groups excluding tert-OH is 1. The van der Waals surface area contributed by atoms with Gasteiger partial charge in [-0.1, -0.05) is 293 Å². The molecule has 0 aromatic rings. The quantitative estimate of drug-likeness (QED) is 0.0222. The van der Waals surface area contributed by atoms with Crippen LogP contribution in [0.4, 0.5) is 0 Å². The molecule has 3 N–H and O–H groups in total. The average molecular weight is 1310 g/mol. The van der Waals surface area contributed by atoms with Crippen LogP contribution in [0.5, 0.6) is 0 Å². The molecule has 0 amide bonds. The van der Waals surface area contributed by atoms with Gasteiger partial charge in [0.1, 0.15) is 19.3 Å². The summed E-state index contributed by atoms with van der Waals surface area (Å²) in [6.45, 7) is 14.1. The van der Waals surface area contributed by atoms with Crippen LogP contribution in [0, 0.1) is 23.7 Å². The predicted octanol–water partition coefficient (Wildman–Crippen LogP) is 19.7. The lowest BCUT2D eigenvalue weighted by Crippen LogP contribution is -2.30. The fourth-order valence-corrected chi connectivity index (χ4v) is 12.0. The molecule has 0 fully saturated rings. The monoisotopic (exact) mass is 1310 g/mol. The summed E-state index contributed by atoms with van der Waals surface area (Å²) in [7, 11) is -9.90. The lowest BCUT2D eigenvalue weighted by molar-refractivity contribution is -0.161. The van der Waals surface area contributed by atoms with Crippen molar-refractivity contribution in [2.75, 3.05) is 39.6 Å². The Kier molecular flexibility index (Phi) is 58.5. The van der Waals surface area contributed by atoms with Crippen LogP contribution in [0.15, 0.2) is 0 Å². The first kappa shape index (κ1) is 87.1. The second-order valence-electron chi connectivity index (χ2n) is 26.7. The van der Waals surface area contributed by atoms with Gasteiger partial charge in [-0.3, -0.25) is 37.3 Å². The van der Waals surface area contributed by atoms with Gasteiger partial charge in [-0.05, 0) is 49.4 Å². The molecule has 7 atom stereocenters. The van der Waals surface area contributed by atoms with Crippen molar-refractivity contribution in [1.29, 1.82) is 0 Å². The fourth-order valence-electron chi connectivity index (χ4n) is 10.4. The van der Waals surface area contributed by atoms with E-state index >= 15 is 0 Å². The number of aliphatic hydroxyl groups is 1. The van der Waals surface area contributed by atoms with Gasteiger partial charge in [0.05, 0.1) is 26.4 Å². The molecular formula is C70H136O17P2. The first-order valence-corrected chi connectivity index (χ1v) is 39.3. The van der Waals surface area contributed by atoms with Crippen LogP contribution in [0.2, 0.25) is 0 Å². The van der Waals surface area contributed by atoms with Gasteiger partial charge in [-0.2, -0.15) is 0 Å². The Morgan fingerprint density at radius 2 is 0.539 bits per heavy atom. The molecule has 5 unspecified atom stereocenters. The number of unbranched alkanes of at least 4 members (excludes halogenated alkanes) is 31. The highest BCUT2D eigenvalue weighted by molar-refractivity contribution is 7.47. The molecule has 0 heterocycles. The van der Waals surface area contributed by atoms with Crippen LogP contribution in [-0.2, 0) is 65.4 Å². The molecule has 528 valence electrons. The normalized spacial score (nSPS) is 14.9. The number of hydrogen-bond acceptors (Lipinski definition) is 15. The van der Waals surface area contributed by atoms with Crippen LogP contribution in [0.1, 0.15) is 344 Å². The van der Waals surface area contributed by atoms with Crippen molar-refractivity contribution in [2.45, 2.75) is 363 Å². The van der Waals surface area contributed by atoms with E-state index in [9.17, 15) is 43.2 Å². The predicted molar refractivity (Wildman–Crippen MR) is 358 cm³/mol. The smallest absolute Gasteiger partial charge is 0.462 e. The van der Waals surface area contributed by atoms with E-state index in [2.05, 4.69) is 55.4 Å². The number of rotatable bonds is 67. The largest absolute Gasteiger partial charge is 0.472 e. The summed E-state index contributed by atoms with van der Waals surface area (Å²) in [5, 5.41) is 10.6. The number of phosphoric acid groups is 2. The Morgan fingerprint density at radius 1 is 0.315 bits per heavy atom. The zero-order valence-corrected chi connectivity index (χ0v) is 59.8. The van der Waals surface area contributed by atoms with E-state index in [-0.39, 0.29) is 25.7 Å². The number of carbonyl (C=O) groups excluding carboxylic acids is 4. The molecule has 89 heavy (non-hydrogen) atoms. The zero-order valence-electron chi connectivity index (χ0n) is 58.1. The third kappa shape index (κ3) is 62.0. The SMILES string of the molecule is CCC(C)CCCCCCCCCCCCC(=O)OC[C@H](COP(=O)(O)OCC(O)COP(=O)(O)OC[C@@H](COC(=O)CCCCCCCCCCC(C)C)OC(=O)CCCCCCCCCCC(C)CC)OC(=O)CCCCCCCCCCCC(C)C. The second kappa shape index (κ2) is 59.8. The first-order chi connectivity index (χ1) is 42.7. The van der Waals surface area contributed by atoms with Crippen LogP contribution < -0.4 is 0 Å². The van der Waals surface area contributed by atoms with Gasteiger partial charge < -0.3 is 33.8 Å². The Morgan fingerprint density at radius 3 is 0.798 bits per heavy atom. The van der Waals surface area contributed by atoms with E-state index in [1.54, 1.807) is 0 Å². The van der Waals surface area contributed by atoms with E-state index in [0.29, 0.717) is 25.7 Å². The highest BCUT2D eigenvalue weighted by Crippen LogP contribution is 2.45. The summed E-state index contributed by atoms with van der Waals surface area (Å²) in [5.41, 5.74) is 0. The summed E-state index contributed by atoms with van der Waals surface area (Å²) >= 11 is 0. The van der Waals surface area contributed by atoms with Crippen molar-refractivity contribution in [3.05, 3.63) is 0 Å². The van der Waals surface area contributed by atoms with E-state index in [1.807, 2.05) is 0 Å². The number of phosphoric ester groups is 2. The van der Waals surface area contributed by atoms with E-state index in [4.69, 9.17) is 37.0 Å². The van der Waals surface area contributed by atoms with Crippen molar-refractivity contribution in [3.63, 3.8) is 0 Å². The minimum absolute atomic E-state index is 0.104. The third-order valence-electron chi connectivity index (χ3n) is 16.8. The molecule has 0 aromatic carbocycles. The standard InChI is InChI=1S/C70H136O17P2/c1-9-62(7)48-40-32-24-15-11-12-16-26-34-42-50-67(72)80-56-65(86-69(74)52-44-36-28-17-13-14-22-30-38-46-60(3)4)58-84-88(76,77)82-54-64(71)55-83-89(78,79)85-59-66(57-81-68(73)51-43-35-27-20-18-23-31-39-47-61(5)6)87-70(75)53-45-37-29-21-19-25-33-41-49-63(8)10-2/h60-66,71H,9-59H2,1-8H3,(H,76,77)(H,78,79)/t62?,63?,64?,65-,66-/m1/s1. The molecule has 0 aliphatic rings. The molecule has 0 saturated heterocycles. The molecule has 0 saturated carbocycles. The molecule has 0 bridgehead atoms. The highest BCUT2D eigenvalue weighted by atomic mass is 31.2. The average Bonchev–Trinajstić information content (AvgIpc) is 3.52. The number of esters is 4. The first-order valence-electron chi connectivity index (χ1n) is 36.3. The van der Waals surface area contributed by atoms with Crippen molar-refractivity contribution in [2.24, 2.45) is 23.7 Å². The number of hydrogen-bond donors (Lipinski definition) is 3. The fraction of sp³-hybridized carbons (Fsp3) is 0.943. The third-order valence-corrected chi connectivity index (χ3v) is 18.7. The minimum Gasteiger partial charge on any atom is -0.462 e. The van der Waals surface area contributed by atoms with Crippen LogP contribution >= 0.6 is 15.6 Å². The van der Waals surface area contributed by atoms with Crippen molar-refractivity contribution in [3.8, 4) is 0 Å². The van der Waals surface area contributed by atoms with Gasteiger partial charge in [0.25, 0.3) is 0 Å². The molecular weight excluding hydrogens is 1170 g/mol. The Labute approximate surface area is 543 Å². The Bertz CT molecular complexity index is 1770. The van der Waals surface area contributed by atoms with E-state index < -0.39 is 97.5 Å². The molecule has 0 aliphatic heterocycles. The van der Waals surface area contributed by atoms with Gasteiger partial charge in [0, 0.05) is 25.7 Å². The second-order valence-corrected chi connectivity index (χ2v) is 29.6. The summed E-state index contributed by atoms with van der Waals surface area (Å²) < 4.78 is 68.3. The summed E-state index contributed by atoms with van der Waals surface area (Å²) in [5.74, 6) is 0.911.